The van der Waals surface area contributed by atoms with Crippen LogP contribution < -0.4 is 11.1 Å². The van der Waals surface area contributed by atoms with Gasteiger partial charge in [0, 0.05) is 12.6 Å². The highest BCUT2D eigenvalue weighted by atomic mass is 79.9. The van der Waals surface area contributed by atoms with Crippen molar-refractivity contribution in [1.29, 1.82) is 0 Å². The largest absolute Gasteiger partial charge is 0.348 e. The van der Waals surface area contributed by atoms with E-state index >= 15 is 0 Å². The summed E-state index contributed by atoms with van der Waals surface area (Å²) in [6, 6.07) is 4.63. The Balaban J connectivity index is 2.11. The van der Waals surface area contributed by atoms with Gasteiger partial charge in [-0.05, 0) is 46.8 Å². The minimum absolute atomic E-state index is 0.0409. The molecule has 3 nitrogen and oxygen atoms in total. The molecule has 92 valence electrons. The van der Waals surface area contributed by atoms with E-state index in [1.54, 1.807) is 12.1 Å². The van der Waals surface area contributed by atoms with Crippen LogP contribution in [0.4, 0.5) is 4.39 Å². The number of nitrogens with two attached hydrogens (primary N) is 1. The van der Waals surface area contributed by atoms with Crippen molar-refractivity contribution in [3.63, 3.8) is 0 Å². The van der Waals surface area contributed by atoms with E-state index in [0.717, 1.165) is 12.8 Å². The number of carbonyl (C=O) groups is 1. The number of amides is 1. The van der Waals surface area contributed by atoms with E-state index in [1.807, 2.05) is 0 Å². The van der Waals surface area contributed by atoms with Crippen molar-refractivity contribution in [2.75, 3.05) is 6.54 Å². The highest BCUT2D eigenvalue weighted by Crippen LogP contribution is 2.32. The molecule has 1 amide bonds. The standard InChI is InChI=1S/C12H14BrFN2O/c13-9-3-1-2-8(11(9)14)12(17)16-10(6-15)7-4-5-7/h1-3,7,10H,4-6,15H2,(H,16,17). The monoisotopic (exact) mass is 300 g/mol. The third kappa shape index (κ3) is 2.84. The molecule has 1 aliphatic carbocycles. The van der Waals surface area contributed by atoms with Gasteiger partial charge in [0.25, 0.3) is 5.91 Å². The Hall–Kier alpha value is -0.940. The summed E-state index contributed by atoms with van der Waals surface area (Å²) in [5, 5.41) is 2.79. The quantitative estimate of drug-likeness (QED) is 0.894. The Kier molecular flexibility index (Phi) is 3.79. The van der Waals surface area contributed by atoms with E-state index < -0.39 is 11.7 Å². The van der Waals surface area contributed by atoms with Crippen LogP contribution in [0.2, 0.25) is 0 Å². The summed E-state index contributed by atoms with van der Waals surface area (Å²) in [5.74, 6) is -0.470. The Bertz CT molecular complexity index is 435. The predicted molar refractivity (Wildman–Crippen MR) is 67.1 cm³/mol. The highest BCUT2D eigenvalue weighted by molar-refractivity contribution is 9.10. The Morgan fingerprint density at radius 3 is 2.88 bits per heavy atom. The van der Waals surface area contributed by atoms with Gasteiger partial charge in [-0.1, -0.05) is 6.07 Å². The molecular formula is C12H14BrFN2O. The fraction of sp³-hybridized carbons (Fsp3) is 0.417. The molecule has 3 N–H and O–H groups in total. The second-order valence-corrected chi connectivity index (χ2v) is 5.11. The van der Waals surface area contributed by atoms with Gasteiger partial charge in [0.05, 0.1) is 10.0 Å². The first-order valence-electron chi connectivity index (χ1n) is 5.58. The SMILES string of the molecule is NCC(NC(=O)c1cccc(Br)c1F)C1CC1. The first-order valence-corrected chi connectivity index (χ1v) is 6.37. The van der Waals surface area contributed by atoms with Crippen molar-refractivity contribution in [2.24, 2.45) is 11.7 Å². The second-order valence-electron chi connectivity index (χ2n) is 4.25. The predicted octanol–water partition coefficient (Wildman–Crippen LogP) is 2.06. The number of rotatable bonds is 4. The molecule has 1 aromatic rings. The van der Waals surface area contributed by atoms with Crippen LogP contribution in [-0.4, -0.2) is 18.5 Å². The van der Waals surface area contributed by atoms with Crippen LogP contribution in [0.25, 0.3) is 0 Å². The average molecular weight is 301 g/mol. The van der Waals surface area contributed by atoms with Crippen molar-refractivity contribution in [3.8, 4) is 0 Å². The van der Waals surface area contributed by atoms with Gasteiger partial charge in [-0.25, -0.2) is 4.39 Å². The second kappa shape index (κ2) is 5.14. The topological polar surface area (TPSA) is 55.1 Å². The molecule has 1 aromatic carbocycles. The van der Waals surface area contributed by atoms with Crippen molar-refractivity contribution in [2.45, 2.75) is 18.9 Å². The number of carbonyl (C=O) groups excluding carboxylic acids is 1. The maximum atomic E-state index is 13.7. The molecule has 0 aromatic heterocycles. The molecular weight excluding hydrogens is 287 g/mol. The molecule has 0 heterocycles. The minimum Gasteiger partial charge on any atom is -0.348 e. The smallest absolute Gasteiger partial charge is 0.254 e. The molecule has 1 aliphatic rings. The molecule has 0 bridgehead atoms. The van der Waals surface area contributed by atoms with Gasteiger partial charge in [0.1, 0.15) is 5.82 Å². The summed E-state index contributed by atoms with van der Waals surface area (Å²) < 4.78 is 14.0. The molecule has 2 rings (SSSR count). The zero-order chi connectivity index (χ0) is 12.4. The van der Waals surface area contributed by atoms with Crippen LogP contribution in [0.5, 0.6) is 0 Å². The summed E-state index contributed by atoms with van der Waals surface area (Å²) in [7, 11) is 0. The Labute approximate surface area is 108 Å². The van der Waals surface area contributed by atoms with E-state index in [9.17, 15) is 9.18 Å². The van der Waals surface area contributed by atoms with Gasteiger partial charge in [-0.2, -0.15) is 0 Å². The van der Waals surface area contributed by atoms with Crippen molar-refractivity contribution in [1.82, 2.24) is 5.32 Å². The maximum Gasteiger partial charge on any atom is 0.254 e. The molecule has 1 saturated carbocycles. The third-order valence-electron chi connectivity index (χ3n) is 2.96. The normalized spacial score (nSPS) is 16.6. The van der Waals surface area contributed by atoms with Gasteiger partial charge < -0.3 is 11.1 Å². The molecule has 0 spiro atoms. The van der Waals surface area contributed by atoms with Crippen LogP contribution >= 0.6 is 15.9 Å². The average Bonchev–Trinajstić information content (AvgIpc) is 3.13. The van der Waals surface area contributed by atoms with Crippen LogP contribution in [0.1, 0.15) is 23.2 Å². The summed E-state index contributed by atoms with van der Waals surface area (Å²) >= 11 is 3.06. The van der Waals surface area contributed by atoms with Crippen LogP contribution in [-0.2, 0) is 0 Å². The number of hydrogen-bond donors (Lipinski definition) is 2. The van der Waals surface area contributed by atoms with Crippen molar-refractivity contribution >= 4 is 21.8 Å². The van der Waals surface area contributed by atoms with Crippen LogP contribution in [0.15, 0.2) is 22.7 Å². The maximum absolute atomic E-state index is 13.7. The molecule has 5 heteroatoms. The zero-order valence-electron chi connectivity index (χ0n) is 9.25. The highest BCUT2D eigenvalue weighted by Gasteiger charge is 2.31. The fourth-order valence-electron chi connectivity index (χ4n) is 1.79. The lowest BCUT2D eigenvalue weighted by atomic mass is 10.1. The van der Waals surface area contributed by atoms with Gasteiger partial charge in [0.15, 0.2) is 0 Å². The molecule has 1 unspecified atom stereocenters. The molecule has 1 fully saturated rings. The summed E-state index contributed by atoms with van der Waals surface area (Å²) in [5.41, 5.74) is 5.64. The number of halogens is 2. The van der Waals surface area contributed by atoms with Crippen LogP contribution in [0.3, 0.4) is 0 Å². The lowest BCUT2D eigenvalue weighted by Gasteiger charge is -2.16. The van der Waals surface area contributed by atoms with E-state index in [0.29, 0.717) is 16.9 Å². The van der Waals surface area contributed by atoms with Crippen LogP contribution in [0, 0.1) is 11.7 Å². The van der Waals surface area contributed by atoms with Crippen molar-refractivity contribution in [3.05, 3.63) is 34.1 Å². The van der Waals surface area contributed by atoms with E-state index in [-0.39, 0.29) is 11.6 Å². The minimum atomic E-state index is -0.531. The fourth-order valence-corrected chi connectivity index (χ4v) is 2.16. The summed E-state index contributed by atoms with van der Waals surface area (Å²) in [4.78, 5) is 11.9. The first-order chi connectivity index (χ1) is 8.13. The van der Waals surface area contributed by atoms with E-state index in [4.69, 9.17) is 5.73 Å². The van der Waals surface area contributed by atoms with Gasteiger partial charge >= 0.3 is 0 Å². The first kappa shape index (κ1) is 12.5. The summed E-state index contributed by atoms with van der Waals surface area (Å²) in [6.45, 7) is 0.395. The van der Waals surface area contributed by atoms with E-state index in [2.05, 4.69) is 21.2 Å². The van der Waals surface area contributed by atoms with E-state index in [1.165, 1.54) is 6.07 Å². The van der Waals surface area contributed by atoms with Gasteiger partial charge in [-0.15, -0.1) is 0 Å². The lowest BCUT2D eigenvalue weighted by molar-refractivity contribution is 0.0929. The third-order valence-corrected chi connectivity index (χ3v) is 3.57. The van der Waals surface area contributed by atoms with Gasteiger partial charge in [0.2, 0.25) is 0 Å². The van der Waals surface area contributed by atoms with Gasteiger partial charge in [-0.3, -0.25) is 4.79 Å². The Morgan fingerprint density at radius 1 is 1.59 bits per heavy atom. The molecule has 0 aliphatic heterocycles. The van der Waals surface area contributed by atoms with Crippen molar-refractivity contribution < 1.29 is 9.18 Å². The molecule has 0 saturated heterocycles. The Morgan fingerprint density at radius 2 is 2.29 bits per heavy atom. The number of benzene rings is 1. The molecule has 17 heavy (non-hydrogen) atoms. The molecule has 0 radical (unpaired) electrons. The number of hydrogen-bond acceptors (Lipinski definition) is 2. The molecule has 1 atom stereocenters. The lowest BCUT2D eigenvalue weighted by Crippen LogP contribution is -2.42. The zero-order valence-corrected chi connectivity index (χ0v) is 10.8. The summed E-state index contributed by atoms with van der Waals surface area (Å²) in [6.07, 6.45) is 2.17. The number of nitrogens with one attached hydrogen (secondary N) is 1.